The summed E-state index contributed by atoms with van der Waals surface area (Å²) >= 11 is 5.90. The number of carbonyl (C=O) groups excluding carboxylic acids is 3. The van der Waals surface area contributed by atoms with Gasteiger partial charge < -0.3 is 24.4 Å². The van der Waals surface area contributed by atoms with E-state index in [1.807, 2.05) is 0 Å². The molecule has 8 nitrogen and oxygen atoms in total. The summed E-state index contributed by atoms with van der Waals surface area (Å²) in [6.45, 7) is 6.13. The Hall–Kier alpha value is -2.16. The molecule has 0 spiro atoms. The zero-order valence-corrected chi connectivity index (χ0v) is 17.2. The van der Waals surface area contributed by atoms with Crippen LogP contribution in [-0.4, -0.2) is 63.3 Å². The first kappa shape index (κ1) is 21.5. The average molecular weight is 427 g/mol. The van der Waals surface area contributed by atoms with E-state index < -0.39 is 59.0 Å². The number of carbonyl (C=O) groups is 3. The summed E-state index contributed by atoms with van der Waals surface area (Å²) in [4.78, 5) is 37.6. The number of hydrogen-bond acceptors (Lipinski definition) is 8. The quantitative estimate of drug-likeness (QED) is 0.388. The maximum atomic E-state index is 12.6. The van der Waals surface area contributed by atoms with Crippen LogP contribution in [0, 0.1) is 5.92 Å². The Labute approximate surface area is 172 Å². The lowest BCUT2D eigenvalue weighted by Crippen LogP contribution is -2.60. The van der Waals surface area contributed by atoms with Crippen molar-refractivity contribution < 1.29 is 38.8 Å². The van der Waals surface area contributed by atoms with Crippen molar-refractivity contribution in [2.45, 2.75) is 57.2 Å². The van der Waals surface area contributed by atoms with E-state index in [2.05, 4.69) is 0 Å². The van der Waals surface area contributed by atoms with Gasteiger partial charge in [-0.1, -0.05) is 6.08 Å². The first-order chi connectivity index (χ1) is 13.5. The molecule has 2 N–H and O–H groups in total. The summed E-state index contributed by atoms with van der Waals surface area (Å²) in [6.07, 6.45) is -0.0782. The molecule has 3 heterocycles. The van der Waals surface area contributed by atoms with Crippen molar-refractivity contribution in [1.29, 1.82) is 0 Å². The van der Waals surface area contributed by atoms with Crippen LogP contribution in [-0.2, 0) is 28.6 Å². The SMILES string of the molecule is C/C=C(/C)C(=O)O[C@H]1[C@@H]2[C@H](/C=C(/C)C3=CC(=O)[C@](C)(O3)[C@@H]1O)OC(=O)[C@@]2(O)CCl. The normalized spacial score (nSPS) is 41.1. The van der Waals surface area contributed by atoms with E-state index in [0.29, 0.717) is 5.57 Å². The second kappa shape index (κ2) is 7.27. The maximum absolute atomic E-state index is 12.6. The van der Waals surface area contributed by atoms with Gasteiger partial charge in [0.05, 0.1) is 11.8 Å². The third kappa shape index (κ3) is 3.19. The second-order valence-electron chi connectivity index (χ2n) is 7.67. The van der Waals surface area contributed by atoms with Gasteiger partial charge >= 0.3 is 11.9 Å². The summed E-state index contributed by atoms with van der Waals surface area (Å²) < 4.78 is 16.6. The van der Waals surface area contributed by atoms with Gasteiger partial charge in [-0.15, -0.1) is 11.6 Å². The van der Waals surface area contributed by atoms with Crippen molar-refractivity contribution in [3.8, 4) is 0 Å². The Morgan fingerprint density at radius 1 is 1.41 bits per heavy atom. The van der Waals surface area contributed by atoms with E-state index in [-0.39, 0.29) is 11.3 Å². The molecule has 2 bridgehead atoms. The van der Waals surface area contributed by atoms with Gasteiger partial charge in [0.15, 0.2) is 11.2 Å². The zero-order valence-electron chi connectivity index (χ0n) is 16.5. The summed E-state index contributed by atoms with van der Waals surface area (Å²) in [7, 11) is 0. The van der Waals surface area contributed by atoms with Crippen molar-refractivity contribution in [1.82, 2.24) is 0 Å². The fourth-order valence-electron chi connectivity index (χ4n) is 3.73. The number of ketones is 1. The zero-order chi connectivity index (χ0) is 21.7. The minimum Gasteiger partial charge on any atom is -0.476 e. The van der Waals surface area contributed by atoms with Gasteiger partial charge in [0.1, 0.15) is 24.1 Å². The molecule has 0 aromatic rings. The third-order valence-corrected chi connectivity index (χ3v) is 6.22. The van der Waals surface area contributed by atoms with Crippen LogP contribution in [0.3, 0.4) is 0 Å². The van der Waals surface area contributed by atoms with E-state index in [0.717, 1.165) is 0 Å². The predicted octanol–water partition coefficient (Wildman–Crippen LogP) is 0.939. The molecule has 0 aliphatic carbocycles. The van der Waals surface area contributed by atoms with Crippen LogP contribution >= 0.6 is 11.6 Å². The van der Waals surface area contributed by atoms with Gasteiger partial charge in [-0.3, -0.25) is 4.79 Å². The van der Waals surface area contributed by atoms with Crippen molar-refractivity contribution in [3.63, 3.8) is 0 Å². The molecule has 0 aromatic carbocycles. The topological polar surface area (TPSA) is 119 Å². The first-order valence-electron chi connectivity index (χ1n) is 9.15. The molecule has 1 fully saturated rings. The highest BCUT2D eigenvalue weighted by Crippen LogP contribution is 2.45. The molecule has 1 saturated heterocycles. The number of alkyl halides is 1. The molecule has 3 aliphatic heterocycles. The van der Waals surface area contributed by atoms with E-state index in [1.165, 1.54) is 32.1 Å². The Kier molecular flexibility index (Phi) is 5.40. The molecule has 0 saturated carbocycles. The van der Waals surface area contributed by atoms with Crippen LogP contribution in [0.5, 0.6) is 0 Å². The molecular weight excluding hydrogens is 404 g/mol. The average Bonchev–Trinajstić information content (AvgIpc) is 3.13. The Bertz CT molecular complexity index is 859. The number of hydrogen-bond donors (Lipinski definition) is 2. The Balaban J connectivity index is 2.19. The van der Waals surface area contributed by atoms with E-state index in [9.17, 15) is 24.6 Å². The lowest BCUT2D eigenvalue weighted by molar-refractivity contribution is -0.186. The van der Waals surface area contributed by atoms with Gasteiger partial charge in [0, 0.05) is 11.6 Å². The number of aliphatic hydroxyl groups is 2. The Morgan fingerprint density at radius 3 is 2.66 bits per heavy atom. The van der Waals surface area contributed by atoms with Crippen LogP contribution in [0.25, 0.3) is 0 Å². The number of ether oxygens (including phenoxy) is 3. The van der Waals surface area contributed by atoms with Gasteiger partial charge in [-0.25, -0.2) is 9.59 Å². The standard InChI is InChI=1S/C20H23ClO8/c1-5-9(2)17(24)28-15-14-12(27-18(25)20(14,26)8-21)6-10(3)11-7-13(22)19(4,29-11)16(15)23/h5-7,12,14-16,23,26H,8H2,1-4H3/b9-5-,10-6-/t12-,14-,15-,16+,19-,20+/m0/s1. The third-order valence-electron chi connectivity index (χ3n) is 5.81. The monoisotopic (exact) mass is 426 g/mol. The molecule has 6 atom stereocenters. The molecule has 3 aliphatic rings. The van der Waals surface area contributed by atoms with Crippen LogP contribution in [0.2, 0.25) is 0 Å². The van der Waals surface area contributed by atoms with Crippen LogP contribution in [0.1, 0.15) is 27.7 Å². The molecule has 29 heavy (non-hydrogen) atoms. The lowest BCUT2D eigenvalue weighted by atomic mass is 9.76. The summed E-state index contributed by atoms with van der Waals surface area (Å²) in [5.41, 5.74) is -3.32. The Morgan fingerprint density at radius 2 is 2.07 bits per heavy atom. The van der Waals surface area contributed by atoms with Crippen LogP contribution in [0.15, 0.2) is 35.1 Å². The second-order valence-corrected chi connectivity index (χ2v) is 7.94. The van der Waals surface area contributed by atoms with Crippen molar-refractivity contribution in [2.75, 3.05) is 5.88 Å². The number of aliphatic hydroxyl groups excluding tert-OH is 1. The van der Waals surface area contributed by atoms with Gasteiger partial charge in [0.2, 0.25) is 5.78 Å². The fraction of sp³-hybridized carbons (Fsp3) is 0.550. The van der Waals surface area contributed by atoms with Gasteiger partial charge in [0.25, 0.3) is 0 Å². The lowest BCUT2D eigenvalue weighted by Gasteiger charge is -2.39. The largest absolute Gasteiger partial charge is 0.476 e. The molecule has 0 amide bonds. The first-order valence-corrected chi connectivity index (χ1v) is 9.68. The number of rotatable bonds is 3. The van der Waals surface area contributed by atoms with Gasteiger partial charge in [-0.2, -0.15) is 0 Å². The maximum Gasteiger partial charge on any atom is 0.340 e. The summed E-state index contributed by atoms with van der Waals surface area (Å²) in [5.74, 6) is -3.94. The molecule has 0 aromatic heterocycles. The highest BCUT2D eigenvalue weighted by molar-refractivity contribution is 6.20. The molecule has 158 valence electrons. The van der Waals surface area contributed by atoms with E-state index in [1.54, 1.807) is 13.8 Å². The highest BCUT2D eigenvalue weighted by Gasteiger charge is 2.65. The van der Waals surface area contributed by atoms with Gasteiger partial charge in [-0.05, 0) is 39.3 Å². The molecule has 0 radical (unpaired) electrons. The van der Waals surface area contributed by atoms with Crippen molar-refractivity contribution >= 4 is 29.3 Å². The molecular formula is C20H23ClO8. The molecule has 9 heteroatoms. The minimum absolute atomic E-state index is 0.198. The number of allylic oxidation sites excluding steroid dienone is 2. The van der Waals surface area contributed by atoms with Crippen LogP contribution < -0.4 is 0 Å². The highest BCUT2D eigenvalue weighted by atomic mass is 35.5. The smallest absolute Gasteiger partial charge is 0.340 e. The fourth-order valence-corrected chi connectivity index (χ4v) is 4.02. The number of esters is 2. The summed E-state index contributed by atoms with van der Waals surface area (Å²) in [6, 6.07) is 0. The number of halogens is 1. The molecule has 0 unspecified atom stereocenters. The molecule has 3 rings (SSSR count). The minimum atomic E-state index is -2.24. The van der Waals surface area contributed by atoms with Crippen molar-refractivity contribution in [2.24, 2.45) is 5.92 Å². The van der Waals surface area contributed by atoms with E-state index >= 15 is 0 Å². The van der Waals surface area contributed by atoms with Crippen molar-refractivity contribution in [3.05, 3.63) is 35.1 Å². The summed E-state index contributed by atoms with van der Waals surface area (Å²) in [5, 5.41) is 22.1. The number of fused-ring (bicyclic) bond motifs is 3. The predicted molar refractivity (Wildman–Crippen MR) is 101 cm³/mol. The van der Waals surface area contributed by atoms with Crippen LogP contribution in [0.4, 0.5) is 0 Å². The van der Waals surface area contributed by atoms with E-state index in [4.69, 9.17) is 25.8 Å².